The Hall–Kier alpha value is -1.51. The first kappa shape index (κ1) is 11.6. The number of aryl methyl sites for hydroxylation is 1. The summed E-state index contributed by atoms with van der Waals surface area (Å²) in [6.45, 7) is 4.73. The van der Waals surface area contributed by atoms with Gasteiger partial charge in [-0.1, -0.05) is 19.4 Å². The van der Waals surface area contributed by atoms with Gasteiger partial charge >= 0.3 is 0 Å². The average molecular weight is 206 g/mol. The van der Waals surface area contributed by atoms with Crippen molar-refractivity contribution >= 4 is 11.6 Å². The maximum absolute atomic E-state index is 11.7. The predicted molar refractivity (Wildman–Crippen MR) is 62.8 cm³/mol. The second kappa shape index (κ2) is 5.39. The molecule has 1 aromatic rings. The molecule has 0 atom stereocenters. The minimum Gasteiger partial charge on any atom is -0.399 e. The van der Waals surface area contributed by atoms with Crippen LogP contribution in [0.2, 0.25) is 0 Å². The van der Waals surface area contributed by atoms with Gasteiger partial charge in [-0.15, -0.1) is 0 Å². The fraction of sp³-hybridized carbons (Fsp3) is 0.417. The summed E-state index contributed by atoms with van der Waals surface area (Å²) in [5, 5.41) is 2.87. The molecule has 82 valence electrons. The third-order valence-corrected chi connectivity index (χ3v) is 2.32. The van der Waals surface area contributed by atoms with E-state index in [2.05, 4.69) is 12.2 Å². The van der Waals surface area contributed by atoms with E-state index in [1.807, 2.05) is 13.0 Å². The number of amides is 1. The number of nitrogen functional groups attached to an aromatic ring is 1. The van der Waals surface area contributed by atoms with Crippen LogP contribution in [-0.4, -0.2) is 12.5 Å². The number of nitrogens with one attached hydrogen (secondary N) is 1. The van der Waals surface area contributed by atoms with Gasteiger partial charge in [-0.25, -0.2) is 0 Å². The van der Waals surface area contributed by atoms with Crippen molar-refractivity contribution in [2.24, 2.45) is 0 Å². The summed E-state index contributed by atoms with van der Waals surface area (Å²) in [6.07, 6.45) is 2.09. The van der Waals surface area contributed by atoms with Crippen LogP contribution in [-0.2, 0) is 0 Å². The number of hydrogen-bond donors (Lipinski definition) is 2. The van der Waals surface area contributed by atoms with Crippen molar-refractivity contribution in [2.75, 3.05) is 12.3 Å². The highest BCUT2D eigenvalue weighted by atomic mass is 16.1. The fourth-order valence-corrected chi connectivity index (χ4v) is 1.36. The van der Waals surface area contributed by atoms with Crippen molar-refractivity contribution < 1.29 is 4.79 Å². The minimum absolute atomic E-state index is 0.0340. The van der Waals surface area contributed by atoms with Crippen molar-refractivity contribution in [2.45, 2.75) is 26.7 Å². The van der Waals surface area contributed by atoms with Gasteiger partial charge in [0, 0.05) is 17.8 Å². The number of anilines is 1. The molecule has 0 saturated carbocycles. The molecule has 0 fully saturated rings. The van der Waals surface area contributed by atoms with Crippen molar-refractivity contribution in [1.29, 1.82) is 0 Å². The van der Waals surface area contributed by atoms with Crippen LogP contribution in [0.5, 0.6) is 0 Å². The maximum atomic E-state index is 11.7. The lowest BCUT2D eigenvalue weighted by atomic mass is 10.1. The SMILES string of the molecule is CCCCNC(=O)c1cc(N)ccc1C. The number of nitrogens with two attached hydrogens (primary N) is 1. The van der Waals surface area contributed by atoms with Crippen LogP contribution in [0.25, 0.3) is 0 Å². The van der Waals surface area contributed by atoms with E-state index in [9.17, 15) is 4.79 Å². The van der Waals surface area contributed by atoms with Gasteiger partial charge in [-0.05, 0) is 31.0 Å². The molecule has 1 aromatic carbocycles. The second-order valence-corrected chi connectivity index (χ2v) is 3.68. The highest BCUT2D eigenvalue weighted by Crippen LogP contribution is 2.12. The molecule has 0 aliphatic heterocycles. The van der Waals surface area contributed by atoms with Crippen LogP contribution in [0, 0.1) is 6.92 Å². The first-order valence-electron chi connectivity index (χ1n) is 5.29. The number of benzene rings is 1. The van der Waals surface area contributed by atoms with E-state index in [0.717, 1.165) is 24.9 Å². The Morgan fingerprint density at radius 3 is 2.87 bits per heavy atom. The molecule has 1 amide bonds. The number of hydrogen-bond acceptors (Lipinski definition) is 2. The molecule has 0 radical (unpaired) electrons. The molecule has 0 unspecified atom stereocenters. The van der Waals surface area contributed by atoms with Crippen LogP contribution >= 0.6 is 0 Å². The molecule has 0 aliphatic rings. The summed E-state index contributed by atoms with van der Waals surface area (Å²) in [7, 11) is 0. The Morgan fingerprint density at radius 1 is 1.47 bits per heavy atom. The highest BCUT2D eigenvalue weighted by molar-refractivity contribution is 5.96. The molecule has 15 heavy (non-hydrogen) atoms. The Balaban J connectivity index is 2.68. The molecule has 3 heteroatoms. The minimum atomic E-state index is -0.0340. The zero-order valence-corrected chi connectivity index (χ0v) is 9.34. The molecule has 1 rings (SSSR count). The lowest BCUT2D eigenvalue weighted by Crippen LogP contribution is -2.25. The van der Waals surface area contributed by atoms with E-state index in [0.29, 0.717) is 11.3 Å². The monoisotopic (exact) mass is 206 g/mol. The van der Waals surface area contributed by atoms with Crippen LogP contribution in [0.3, 0.4) is 0 Å². The van der Waals surface area contributed by atoms with Gasteiger partial charge in [-0.3, -0.25) is 4.79 Å². The number of unbranched alkanes of at least 4 members (excludes halogenated alkanes) is 1. The number of carbonyl (C=O) groups is 1. The Morgan fingerprint density at radius 2 is 2.20 bits per heavy atom. The van der Waals surface area contributed by atoms with E-state index >= 15 is 0 Å². The van der Waals surface area contributed by atoms with Gasteiger partial charge in [-0.2, -0.15) is 0 Å². The molecule has 0 heterocycles. The first-order valence-corrected chi connectivity index (χ1v) is 5.29. The van der Waals surface area contributed by atoms with E-state index < -0.39 is 0 Å². The van der Waals surface area contributed by atoms with Crippen LogP contribution in [0.1, 0.15) is 35.7 Å². The molecule has 0 aliphatic carbocycles. The lowest BCUT2D eigenvalue weighted by molar-refractivity contribution is 0.0952. The topological polar surface area (TPSA) is 55.1 Å². The van der Waals surface area contributed by atoms with Crippen LogP contribution in [0.15, 0.2) is 18.2 Å². The summed E-state index contributed by atoms with van der Waals surface area (Å²) >= 11 is 0. The molecule has 0 bridgehead atoms. The van der Waals surface area contributed by atoms with E-state index in [1.54, 1.807) is 12.1 Å². The molecule has 0 saturated heterocycles. The summed E-state index contributed by atoms with van der Waals surface area (Å²) in [5.74, 6) is -0.0340. The first-order chi connectivity index (χ1) is 7.15. The van der Waals surface area contributed by atoms with Gasteiger partial charge in [0.1, 0.15) is 0 Å². The standard InChI is InChI=1S/C12H18N2O/c1-3-4-7-14-12(15)11-8-10(13)6-5-9(11)2/h5-6,8H,3-4,7,13H2,1-2H3,(H,14,15). The zero-order valence-electron chi connectivity index (χ0n) is 9.34. The molecule has 0 spiro atoms. The van der Waals surface area contributed by atoms with Crippen LogP contribution in [0.4, 0.5) is 5.69 Å². The molecule has 3 N–H and O–H groups in total. The third-order valence-electron chi connectivity index (χ3n) is 2.32. The summed E-state index contributed by atoms with van der Waals surface area (Å²) in [5.41, 5.74) is 7.90. The molecule has 0 aromatic heterocycles. The second-order valence-electron chi connectivity index (χ2n) is 3.68. The van der Waals surface area contributed by atoms with Gasteiger partial charge < -0.3 is 11.1 Å². The average Bonchev–Trinajstić information content (AvgIpc) is 2.22. The van der Waals surface area contributed by atoms with Gasteiger partial charge in [0.2, 0.25) is 0 Å². The highest BCUT2D eigenvalue weighted by Gasteiger charge is 2.07. The Labute approximate surface area is 90.7 Å². The third kappa shape index (κ3) is 3.27. The molecule has 3 nitrogen and oxygen atoms in total. The quantitative estimate of drug-likeness (QED) is 0.585. The lowest BCUT2D eigenvalue weighted by Gasteiger charge is -2.07. The van der Waals surface area contributed by atoms with E-state index in [-0.39, 0.29) is 5.91 Å². The van der Waals surface area contributed by atoms with E-state index in [1.165, 1.54) is 0 Å². The van der Waals surface area contributed by atoms with Crippen LogP contribution < -0.4 is 11.1 Å². The maximum Gasteiger partial charge on any atom is 0.251 e. The fourth-order valence-electron chi connectivity index (χ4n) is 1.36. The van der Waals surface area contributed by atoms with E-state index in [4.69, 9.17) is 5.73 Å². The zero-order chi connectivity index (χ0) is 11.3. The predicted octanol–water partition coefficient (Wildman–Crippen LogP) is 2.11. The summed E-state index contributed by atoms with van der Waals surface area (Å²) < 4.78 is 0. The normalized spacial score (nSPS) is 10.0. The Kier molecular flexibility index (Phi) is 4.16. The summed E-state index contributed by atoms with van der Waals surface area (Å²) in [4.78, 5) is 11.7. The van der Waals surface area contributed by atoms with Crippen molar-refractivity contribution in [3.8, 4) is 0 Å². The van der Waals surface area contributed by atoms with Crippen molar-refractivity contribution in [3.63, 3.8) is 0 Å². The smallest absolute Gasteiger partial charge is 0.251 e. The van der Waals surface area contributed by atoms with Gasteiger partial charge in [0.15, 0.2) is 0 Å². The number of rotatable bonds is 4. The van der Waals surface area contributed by atoms with Gasteiger partial charge in [0.05, 0.1) is 0 Å². The Bertz CT molecular complexity index is 347. The number of carbonyl (C=O) groups excluding carboxylic acids is 1. The largest absolute Gasteiger partial charge is 0.399 e. The van der Waals surface area contributed by atoms with Crippen molar-refractivity contribution in [1.82, 2.24) is 5.32 Å². The molecular weight excluding hydrogens is 188 g/mol. The molecular formula is C12H18N2O. The van der Waals surface area contributed by atoms with Gasteiger partial charge in [0.25, 0.3) is 5.91 Å². The summed E-state index contributed by atoms with van der Waals surface area (Å²) in [6, 6.07) is 5.39. The van der Waals surface area contributed by atoms with Crippen molar-refractivity contribution in [3.05, 3.63) is 29.3 Å².